The molecule has 1 N–H and O–H groups in total. The summed E-state index contributed by atoms with van der Waals surface area (Å²) in [5, 5.41) is 3.51. The summed E-state index contributed by atoms with van der Waals surface area (Å²) < 4.78 is 0. The number of rotatable bonds is 8. The molecule has 1 aliphatic rings. The first-order valence-electron chi connectivity index (χ1n) is 7.21. The van der Waals surface area contributed by atoms with Crippen molar-refractivity contribution in [1.29, 1.82) is 0 Å². The van der Waals surface area contributed by atoms with Crippen LogP contribution in [0.4, 0.5) is 0 Å². The van der Waals surface area contributed by atoms with Gasteiger partial charge in [0.05, 0.1) is 5.69 Å². The maximum atomic E-state index is 4.57. The predicted molar refractivity (Wildman–Crippen MR) is 75.3 cm³/mol. The van der Waals surface area contributed by atoms with Crippen LogP contribution in [0.5, 0.6) is 0 Å². The van der Waals surface area contributed by atoms with Crippen molar-refractivity contribution in [3.8, 4) is 0 Å². The Morgan fingerprint density at radius 2 is 2.17 bits per heavy atom. The molecule has 0 aliphatic heterocycles. The summed E-state index contributed by atoms with van der Waals surface area (Å²) in [6.45, 7) is 8.63. The van der Waals surface area contributed by atoms with E-state index in [0.717, 1.165) is 32.2 Å². The van der Waals surface area contributed by atoms with E-state index in [4.69, 9.17) is 0 Å². The Kier molecular flexibility index (Phi) is 5.14. The topological polar surface area (TPSA) is 28.2 Å². The van der Waals surface area contributed by atoms with Crippen LogP contribution in [-0.2, 0) is 13.1 Å². The Hall–Kier alpha value is -0.930. The van der Waals surface area contributed by atoms with Crippen molar-refractivity contribution in [3.05, 3.63) is 29.6 Å². The van der Waals surface area contributed by atoms with Crippen LogP contribution in [0.25, 0.3) is 0 Å². The van der Waals surface area contributed by atoms with Gasteiger partial charge in [-0.3, -0.25) is 9.88 Å². The van der Waals surface area contributed by atoms with E-state index in [1.165, 1.54) is 30.5 Å². The van der Waals surface area contributed by atoms with E-state index in [1.54, 1.807) is 0 Å². The van der Waals surface area contributed by atoms with Crippen LogP contribution in [0.15, 0.2) is 18.3 Å². The highest BCUT2D eigenvalue weighted by atomic mass is 15.1. The van der Waals surface area contributed by atoms with Crippen LogP contribution in [0.2, 0.25) is 0 Å². The number of hydrogen-bond acceptors (Lipinski definition) is 3. The zero-order valence-electron chi connectivity index (χ0n) is 11.7. The maximum Gasteiger partial charge on any atom is 0.0544 e. The van der Waals surface area contributed by atoms with Crippen LogP contribution >= 0.6 is 0 Å². The van der Waals surface area contributed by atoms with Gasteiger partial charge >= 0.3 is 0 Å². The average molecular weight is 247 g/mol. The van der Waals surface area contributed by atoms with Gasteiger partial charge < -0.3 is 5.32 Å². The molecule has 1 aliphatic carbocycles. The molecule has 18 heavy (non-hydrogen) atoms. The van der Waals surface area contributed by atoms with Crippen molar-refractivity contribution < 1.29 is 0 Å². The molecule has 0 aromatic carbocycles. The molecule has 0 radical (unpaired) electrons. The lowest BCUT2D eigenvalue weighted by molar-refractivity contribution is 0.277. The summed E-state index contributed by atoms with van der Waals surface area (Å²) in [6, 6.07) is 5.14. The quantitative estimate of drug-likeness (QED) is 0.765. The predicted octanol–water partition coefficient (Wildman–Crippen LogP) is 2.57. The molecule has 1 aromatic rings. The Bertz CT molecular complexity index is 343. The molecular weight excluding hydrogens is 222 g/mol. The summed E-state index contributed by atoms with van der Waals surface area (Å²) in [5.41, 5.74) is 2.48. The summed E-state index contributed by atoms with van der Waals surface area (Å²) in [6.07, 6.45) is 5.91. The van der Waals surface area contributed by atoms with Crippen molar-refractivity contribution in [2.45, 2.75) is 52.2 Å². The molecule has 0 unspecified atom stereocenters. The SMILES string of the molecule is CCCN(CC)Cc1ccc(CNC2CC2)cn1. The standard InChI is InChI=1S/C15H25N3/c1-3-9-18(4-2)12-15-6-5-13(11-17-15)10-16-14-7-8-14/h5-6,11,14,16H,3-4,7-10,12H2,1-2H3. The summed E-state index contributed by atoms with van der Waals surface area (Å²) in [4.78, 5) is 7.00. The van der Waals surface area contributed by atoms with Crippen LogP contribution in [0, 0.1) is 0 Å². The molecule has 2 rings (SSSR count). The maximum absolute atomic E-state index is 4.57. The van der Waals surface area contributed by atoms with Gasteiger partial charge in [-0.05, 0) is 44.0 Å². The summed E-state index contributed by atoms with van der Waals surface area (Å²) in [5.74, 6) is 0. The van der Waals surface area contributed by atoms with Gasteiger partial charge in [0, 0.05) is 25.3 Å². The van der Waals surface area contributed by atoms with Crippen molar-refractivity contribution in [2.24, 2.45) is 0 Å². The first kappa shape index (κ1) is 13.5. The van der Waals surface area contributed by atoms with Gasteiger partial charge in [0.15, 0.2) is 0 Å². The second-order valence-electron chi connectivity index (χ2n) is 5.18. The lowest BCUT2D eigenvalue weighted by Gasteiger charge is -2.18. The van der Waals surface area contributed by atoms with Crippen molar-refractivity contribution in [1.82, 2.24) is 15.2 Å². The molecule has 1 saturated carbocycles. The third-order valence-corrected chi connectivity index (χ3v) is 3.43. The number of nitrogens with zero attached hydrogens (tertiary/aromatic N) is 2. The highest BCUT2D eigenvalue weighted by molar-refractivity contribution is 5.14. The van der Waals surface area contributed by atoms with Gasteiger partial charge in [0.2, 0.25) is 0 Å². The molecule has 0 bridgehead atoms. The lowest BCUT2D eigenvalue weighted by Crippen LogP contribution is -2.24. The first-order chi connectivity index (χ1) is 8.81. The molecule has 3 nitrogen and oxygen atoms in total. The normalized spacial score (nSPS) is 15.3. The monoisotopic (exact) mass is 247 g/mol. The Balaban J connectivity index is 1.81. The number of nitrogens with one attached hydrogen (secondary N) is 1. The lowest BCUT2D eigenvalue weighted by atomic mass is 10.2. The minimum atomic E-state index is 0.768. The van der Waals surface area contributed by atoms with Crippen LogP contribution < -0.4 is 5.32 Å². The minimum Gasteiger partial charge on any atom is -0.310 e. The first-order valence-corrected chi connectivity index (χ1v) is 7.21. The largest absolute Gasteiger partial charge is 0.310 e. The highest BCUT2D eigenvalue weighted by Gasteiger charge is 2.19. The number of aromatic nitrogens is 1. The van der Waals surface area contributed by atoms with E-state index in [0.29, 0.717) is 0 Å². The molecule has 0 spiro atoms. The molecule has 100 valence electrons. The van der Waals surface area contributed by atoms with E-state index < -0.39 is 0 Å². The zero-order chi connectivity index (χ0) is 12.8. The molecule has 1 heterocycles. The van der Waals surface area contributed by atoms with Gasteiger partial charge in [-0.25, -0.2) is 0 Å². The van der Waals surface area contributed by atoms with Crippen molar-refractivity contribution in [3.63, 3.8) is 0 Å². The van der Waals surface area contributed by atoms with Gasteiger partial charge in [0.1, 0.15) is 0 Å². The summed E-state index contributed by atoms with van der Waals surface area (Å²) >= 11 is 0. The molecule has 1 fully saturated rings. The third-order valence-electron chi connectivity index (χ3n) is 3.43. The van der Waals surface area contributed by atoms with Gasteiger partial charge in [-0.2, -0.15) is 0 Å². The van der Waals surface area contributed by atoms with Gasteiger partial charge in [-0.1, -0.05) is 19.9 Å². The second kappa shape index (κ2) is 6.86. The van der Waals surface area contributed by atoms with Gasteiger partial charge in [-0.15, -0.1) is 0 Å². The van der Waals surface area contributed by atoms with Crippen molar-refractivity contribution in [2.75, 3.05) is 13.1 Å². The molecule has 0 atom stereocenters. The second-order valence-corrected chi connectivity index (χ2v) is 5.18. The molecule has 1 aromatic heterocycles. The van der Waals surface area contributed by atoms with E-state index in [2.05, 4.69) is 41.2 Å². The third kappa shape index (κ3) is 4.39. The molecule has 0 amide bonds. The smallest absolute Gasteiger partial charge is 0.0544 e. The Morgan fingerprint density at radius 1 is 1.33 bits per heavy atom. The van der Waals surface area contributed by atoms with Gasteiger partial charge in [0.25, 0.3) is 0 Å². The number of pyridine rings is 1. The minimum absolute atomic E-state index is 0.768. The highest BCUT2D eigenvalue weighted by Crippen LogP contribution is 2.19. The average Bonchev–Trinajstić information content (AvgIpc) is 3.21. The molecule has 0 saturated heterocycles. The van der Waals surface area contributed by atoms with E-state index in [9.17, 15) is 0 Å². The summed E-state index contributed by atoms with van der Waals surface area (Å²) in [7, 11) is 0. The fraction of sp³-hybridized carbons (Fsp3) is 0.667. The zero-order valence-corrected chi connectivity index (χ0v) is 11.7. The molecule has 3 heteroatoms. The van der Waals surface area contributed by atoms with E-state index in [-0.39, 0.29) is 0 Å². The fourth-order valence-corrected chi connectivity index (χ4v) is 2.10. The Labute approximate surface area is 111 Å². The molecular formula is C15H25N3. The van der Waals surface area contributed by atoms with Crippen LogP contribution in [-0.4, -0.2) is 29.0 Å². The van der Waals surface area contributed by atoms with Crippen molar-refractivity contribution >= 4 is 0 Å². The van der Waals surface area contributed by atoms with E-state index in [1.807, 2.05) is 6.20 Å². The van der Waals surface area contributed by atoms with E-state index >= 15 is 0 Å². The van der Waals surface area contributed by atoms with Crippen LogP contribution in [0.3, 0.4) is 0 Å². The van der Waals surface area contributed by atoms with Crippen LogP contribution in [0.1, 0.15) is 44.4 Å². The Morgan fingerprint density at radius 3 is 2.72 bits per heavy atom. The number of hydrogen-bond donors (Lipinski definition) is 1. The fourth-order valence-electron chi connectivity index (χ4n) is 2.10.